The number of nitrogens with one attached hydrogen (secondary N) is 1. The van der Waals surface area contributed by atoms with Gasteiger partial charge < -0.3 is 4.98 Å². The molecule has 2 heterocycles. The summed E-state index contributed by atoms with van der Waals surface area (Å²) in [6.45, 7) is 0. The standard InChI is InChI=1S/C23H15Cl3N4S/c24-15-7-9-17(10-8-15)30-22(19-12-27-21-4-2-1-3-18(19)21)28-29-23(30)31-13-14-5-6-16(25)11-20(14)26/h1-12,27H,13H2. The van der Waals surface area contributed by atoms with Gasteiger partial charge in [-0.05, 0) is 48.0 Å². The molecule has 0 radical (unpaired) electrons. The van der Waals surface area contributed by atoms with Gasteiger partial charge in [-0.25, -0.2) is 0 Å². The Hall–Kier alpha value is -2.44. The predicted molar refractivity (Wildman–Crippen MR) is 130 cm³/mol. The second-order valence-electron chi connectivity index (χ2n) is 6.89. The Balaban J connectivity index is 1.59. The van der Waals surface area contributed by atoms with E-state index in [0.717, 1.165) is 38.7 Å². The molecule has 3 aromatic carbocycles. The Labute approximate surface area is 198 Å². The highest BCUT2D eigenvalue weighted by molar-refractivity contribution is 7.98. The second kappa shape index (κ2) is 8.60. The van der Waals surface area contributed by atoms with Gasteiger partial charge in [-0.2, -0.15) is 0 Å². The Morgan fingerprint density at radius 2 is 1.65 bits per heavy atom. The summed E-state index contributed by atoms with van der Waals surface area (Å²) >= 11 is 20.1. The number of H-pyrrole nitrogens is 1. The first-order chi connectivity index (χ1) is 15.1. The first kappa shape index (κ1) is 20.5. The van der Waals surface area contributed by atoms with E-state index in [9.17, 15) is 0 Å². The van der Waals surface area contributed by atoms with Gasteiger partial charge >= 0.3 is 0 Å². The van der Waals surface area contributed by atoms with Crippen molar-refractivity contribution in [3.8, 4) is 17.1 Å². The summed E-state index contributed by atoms with van der Waals surface area (Å²) in [5, 5.41) is 12.8. The fourth-order valence-electron chi connectivity index (χ4n) is 3.40. The van der Waals surface area contributed by atoms with Crippen molar-refractivity contribution >= 4 is 57.5 Å². The average Bonchev–Trinajstić information content (AvgIpc) is 3.38. The van der Waals surface area contributed by atoms with E-state index in [4.69, 9.17) is 34.8 Å². The Kier molecular flexibility index (Phi) is 5.67. The molecule has 1 N–H and O–H groups in total. The third-order valence-electron chi connectivity index (χ3n) is 4.92. The van der Waals surface area contributed by atoms with Crippen LogP contribution >= 0.6 is 46.6 Å². The Morgan fingerprint density at radius 3 is 2.45 bits per heavy atom. The van der Waals surface area contributed by atoms with Gasteiger partial charge in [0, 0.05) is 49.2 Å². The third kappa shape index (κ3) is 4.06. The molecule has 0 unspecified atom stereocenters. The highest BCUT2D eigenvalue weighted by Crippen LogP contribution is 2.34. The van der Waals surface area contributed by atoms with E-state index in [1.165, 1.54) is 0 Å². The van der Waals surface area contributed by atoms with Crippen molar-refractivity contribution in [2.24, 2.45) is 0 Å². The molecule has 5 rings (SSSR count). The number of aromatic nitrogens is 4. The number of thioether (sulfide) groups is 1. The van der Waals surface area contributed by atoms with Crippen LogP contribution in [-0.2, 0) is 5.75 Å². The monoisotopic (exact) mass is 484 g/mol. The maximum absolute atomic E-state index is 6.36. The number of fused-ring (bicyclic) bond motifs is 1. The fourth-order valence-corrected chi connectivity index (χ4v) is 5.03. The first-order valence-corrected chi connectivity index (χ1v) is 11.6. The quantitative estimate of drug-likeness (QED) is 0.260. The van der Waals surface area contributed by atoms with E-state index in [1.54, 1.807) is 17.8 Å². The van der Waals surface area contributed by atoms with Crippen LogP contribution in [0, 0.1) is 0 Å². The molecule has 8 heteroatoms. The molecule has 0 fully saturated rings. The lowest BCUT2D eigenvalue weighted by molar-refractivity contribution is 0.886. The van der Waals surface area contributed by atoms with E-state index in [2.05, 4.69) is 21.2 Å². The normalized spacial score (nSPS) is 11.3. The number of para-hydroxylation sites is 1. The van der Waals surface area contributed by atoms with Crippen LogP contribution in [-0.4, -0.2) is 19.7 Å². The number of aromatic amines is 1. The zero-order valence-electron chi connectivity index (χ0n) is 16.0. The average molecular weight is 486 g/mol. The van der Waals surface area contributed by atoms with E-state index in [-0.39, 0.29) is 0 Å². The van der Waals surface area contributed by atoms with Crippen LogP contribution in [0.2, 0.25) is 15.1 Å². The van der Waals surface area contributed by atoms with Crippen LogP contribution in [0.25, 0.3) is 28.0 Å². The molecule has 0 amide bonds. The largest absolute Gasteiger partial charge is 0.360 e. The highest BCUT2D eigenvalue weighted by Gasteiger charge is 2.19. The SMILES string of the molecule is Clc1ccc(-n2c(SCc3ccc(Cl)cc3Cl)nnc2-c2c[nH]c3ccccc23)cc1. The molecule has 154 valence electrons. The van der Waals surface area contributed by atoms with Crippen molar-refractivity contribution in [2.75, 3.05) is 0 Å². The molecule has 0 atom stereocenters. The fraction of sp³-hybridized carbons (Fsp3) is 0.0435. The van der Waals surface area contributed by atoms with Crippen molar-refractivity contribution < 1.29 is 0 Å². The maximum atomic E-state index is 6.36. The molecule has 0 saturated heterocycles. The highest BCUT2D eigenvalue weighted by atomic mass is 35.5. The molecule has 2 aromatic heterocycles. The van der Waals surface area contributed by atoms with Gasteiger partial charge in [0.15, 0.2) is 11.0 Å². The molecule has 5 aromatic rings. The number of benzene rings is 3. The molecule has 0 aliphatic rings. The van der Waals surface area contributed by atoms with Gasteiger partial charge in [-0.15, -0.1) is 10.2 Å². The zero-order chi connectivity index (χ0) is 21.4. The summed E-state index contributed by atoms with van der Waals surface area (Å²) in [6.07, 6.45) is 1.96. The molecule has 0 bridgehead atoms. The van der Waals surface area contributed by atoms with E-state index in [0.29, 0.717) is 20.8 Å². The lowest BCUT2D eigenvalue weighted by atomic mass is 10.1. The molecule has 4 nitrogen and oxygen atoms in total. The van der Waals surface area contributed by atoms with Crippen molar-refractivity contribution in [1.82, 2.24) is 19.7 Å². The smallest absolute Gasteiger partial charge is 0.196 e. The summed E-state index contributed by atoms with van der Waals surface area (Å²) in [5.74, 6) is 1.39. The number of rotatable bonds is 5. The molecule has 0 saturated carbocycles. The van der Waals surface area contributed by atoms with Gasteiger partial charge in [-0.1, -0.05) is 70.8 Å². The van der Waals surface area contributed by atoms with Crippen LogP contribution in [0.4, 0.5) is 0 Å². The number of halogens is 3. The van der Waals surface area contributed by atoms with Crippen LogP contribution in [0.3, 0.4) is 0 Å². The molecule has 31 heavy (non-hydrogen) atoms. The minimum atomic E-state index is 0.615. The van der Waals surface area contributed by atoms with E-state index < -0.39 is 0 Å². The molecular formula is C23H15Cl3N4S. The molecule has 0 spiro atoms. The minimum absolute atomic E-state index is 0.615. The Morgan fingerprint density at radius 1 is 0.871 bits per heavy atom. The minimum Gasteiger partial charge on any atom is -0.360 e. The van der Waals surface area contributed by atoms with Gasteiger partial charge in [0.05, 0.1) is 0 Å². The van der Waals surface area contributed by atoms with Crippen molar-refractivity contribution in [1.29, 1.82) is 0 Å². The van der Waals surface area contributed by atoms with Crippen molar-refractivity contribution in [2.45, 2.75) is 10.9 Å². The van der Waals surface area contributed by atoms with E-state index in [1.807, 2.05) is 65.4 Å². The van der Waals surface area contributed by atoms with Crippen molar-refractivity contribution in [3.05, 3.63) is 93.6 Å². The number of hydrogen-bond donors (Lipinski definition) is 1. The van der Waals surface area contributed by atoms with Gasteiger partial charge in [0.1, 0.15) is 0 Å². The molecule has 0 aliphatic heterocycles. The lowest BCUT2D eigenvalue weighted by Gasteiger charge is -2.11. The van der Waals surface area contributed by atoms with Gasteiger partial charge in [0.25, 0.3) is 0 Å². The number of hydrogen-bond acceptors (Lipinski definition) is 3. The maximum Gasteiger partial charge on any atom is 0.196 e. The topological polar surface area (TPSA) is 46.5 Å². The van der Waals surface area contributed by atoms with Gasteiger partial charge in [0.2, 0.25) is 0 Å². The third-order valence-corrected chi connectivity index (χ3v) is 6.74. The van der Waals surface area contributed by atoms with Crippen LogP contribution in [0.5, 0.6) is 0 Å². The molecular weight excluding hydrogens is 471 g/mol. The second-order valence-corrected chi connectivity index (χ2v) is 9.11. The summed E-state index contributed by atoms with van der Waals surface area (Å²) in [7, 11) is 0. The van der Waals surface area contributed by atoms with Gasteiger partial charge in [-0.3, -0.25) is 4.57 Å². The lowest BCUT2D eigenvalue weighted by Crippen LogP contribution is -1.99. The summed E-state index contributed by atoms with van der Waals surface area (Å²) in [6, 6.07) is 21.3. The zero-order valence-corrected chi connectivity index (χ0v) is 19.1. The number of nitrogens with zero attached hydrogens (tertiary/aromatic N) is 3. The van der Waals surface area contributed by atoms with Crippen LogP contribution in [0.1, 0.15) is 5.56 Å². The first-order valence-electron chi connectivity index (χ1n) is 9.45. The van der Waals surface area contributed by atoms with Crippen LogP contribution in [0.15, 0.2) is 78.1 Å². The predicted octanol–water partition coefficient (Wildman–Crippen LogP) is 7.67. The van der Waals surface area contributed by atoms with Crippen LogP contribution < -0.4 is 0 Å². The summed E-state index contributed by atoms with van der Waals surface area (Å²) < 4.78 is 2.04. The summed E-state index contributed by atoms with van der Waals surface area (Å²) in [4.78, 5) is 3.32. The summed E-state index contributed by atoms with van der Waals surface area (Å²) in [5.41, 5.74) is 3.94. The molecule has 0 aliphatic carbocycles. The Bertz CT molecular complexity index is 1380. The van der Waals surface area contributed by atoms with E-state index >= 15 is 0 Å². The van der Waals surface area contributed by atoms with Crippen molar-refractivity contribution in [3.63, 3.8) is 0 Å².